The van der Waals surface area contributed by atoms with Crippen LogP contribution in [0.4, 0.5) is 0 Å². The summed E-state index contributed by atoms with van der Waals surface area (Å²) in [5, 5.41) is 7.29. The van der Waals surface area contributed by atoms with E-state index in [1.807, 2.05) is 24.6 Å². The van der Waals surface area contributed by atoms with Gasteiger partial charge in [-0.05, 0) is 32.4 Å². The van der Waals surface area contributed by atoms with Gasteiger partial charge in [0, 0.05) is 12.7 Å². The van der Waals surface area contributed by atoms with Crippen LogP contribution in [0.3, 0.4) is 0 Å². The molecule has 1 N–H and O–H groups in total. The van der Waals surface area contributed by atoms with Crippen molar-refractivity contribution in [2.75, 3.05) is 12.3 Å². The fraction of sp³-hybridized carbons (Fsp3) is 0.769. The highest BCUT2D eigenvalue weighted by atomic mass is 32.2. The van der Waals surface area contributed by atoms with Gasteiger partial charge in [-0.2, -0.15) is 5.10 Å². The van der Waals surface area contributed by atoms with Crippen molar-refractivity contribution in [2.45, 2.75) is 50.9 Å². The maximum Gasteiger partial charge on any atom is 0.155 e. The first kappa shape index (κ1) is 14.5. The lowest BCUT2D eigenvalue weighted by Gasteiger charge is -2.31. The molecule has 0 amide bonds. The molecule has 2 heterocycles. The molecule has 0 bridgehead atoms. The van der Waals surface area contributed by atoms with Gasteiger partial charge < -0.3 is 5.32 Å². The number of aromatic nitrogens is 2. The molecule has 1 saturated heterocycles. The Balaban J connectivity index is 2.34. The Morgan fingerprint density at radius 3 is 2.89 bits per heavy atom. The molecule has 2 atom stereocenters. The largest absolute Gasteiger partial charge is 0.308 e. The first-order valence-corrected chi connectivity index (χ1v) is 8.78. The molecule has 2 rings (SSSR count). The topological polar surface area (TPSA) is 64.0 Å². The molecule has 5 nitrogen and oxygen atoms in total. The maximum atomic E-state index is 12.3. The van der Waals surface area contributed by atoms with Crippen LogP contribution in [0.5, 0.6) is 0 Å². The molecule has 1 aliphatic rings. The molecule has 0 aliphatic carbocycles. The number of hydrogen-bond donors (Lipinski definition) is 1. The van der Waals surface area contributed by atoms with Gasteiger partial charge in [-0.25, -0.2) is 8.42 Å². The summed E-state index contributed by atoms with van der Waals surface area (Å²) in [6.07, 6.45) is 4.28. The molecule has 1 aliphatic heterocycles. The van der Waals surface area contributed by atoms with E-state index >= 15 is 0 Å². The smallest absolute Gasteiger partial charge is 0.155 e. The van der Waals surface area contributed by atoms with Crippen molar-refractivity contribution >= 4 is 9.84 Å². The maximum absolute atomic E-state index is 12.3. The van der Waals surface area contributed by atoms with Crippen molar-refractivity contribution < 1.29 is 8.42 Å². The third-order valence-corrected chi connectivity index (χ3v) is 6.08. The van der Waals surface area contributed by atoms with Gasteiger partial charge in [-0.3, -0.25) is 4.68 Å². The van der Waals surface area contributed by atoms with Crippen LogP contribution < -0.4 is 5.32 Å². The van der Waals surface area contributed by atoms with Gasteiger partial charge in [0.1, 0.15) is 0 Å². The predicted octanol–water partition coefficient (Wildman–Crippen LogP) is 1.52. The summed E-state index contributed by atoms with van der Waals surface area (Å²) < 4.78 is 26.5. The molecule has 0 spiro atoms. The summed E-state index contributed by atoms with van der Waals surface area (Å²) >= 11 is 0. The minimum atomic E-state index is -3.00. The van der Waals surface area contributed by atoms with E-state index in [0.29, 0.717) is 5.75 Å². The van der Waals surface area contributed by atoms with E-state index in [9.17, 15) is 8.42 Å². The second-order valence-electron chi connectivity index (χ2n) is 5.01. The Hall–Kier alpha value is -0.880. The van der Waals surface area contributed by atoms with Crippen LogP contribution in [-0.2, 0) is 16.4 Å². The van der Waals surface area contributed by atoms with E-state index in [1.165, 1.54) is 0 Å². The molecule has 0 saturated carbocycles. The van der Waals surface area contributed by atoms with E-state index in [2.05, 4.69) is 10.4 Å². The van der Waals surface area contributed by atoms with Crippen molar-refractivity contribution in [1.82, 2.24) is 15.1 Å². The van der Waals surface area contributed by atoms with E-state index in [-0.39, 0.29) is 11.3 Å². The van der Waals surface area contributed by atoms with Crippen molar-refractivity contribution in [3.8, 4) is 0 Å². The summed E-state index contributed by atoms with van der Waals surface area (Å²) in [6.45, 7) is 5.55. The van der Waals surface area contributed by atoms with Crippen LogP contribution in [0, 0.1) is 0 Å². The van der Waals surface area contributed by atoms with Gasteiger partial charge in [0.2, 0.25) is 0 Å². The highest BCUT2D eigenvalue weighted by Crippen LogP contribution is 2.30. The van der Waals surface area contributed by atoms with Crippen molar-refractivity contribution in [2.24, 2.45) is 0 Å². The third kappa shape index (κ3) is 3.00. The summed E-state index contributed by atoms with van der Waals surface area (Å²) in [4.78, 5) is 0. The fourth-order valence-corrected chi connectivity index (χ4v) is 4.96. The first-order valence-electron chi connectivity index (χ1n) is 7.06. The first-order chi connectivity index (χ1) is 9.10. The molecule has 1 fully saturated rings. The van der Waals surface area contributed by atoms with Crippen LogP contribution >= 0.6 is 0 Å². The highest BCUT2D eigenvalue weighted by Gasteiger charge is 2.37. The quantitative estimate of drug-likeness (QED) is 0.891. The molecule has 0 aromatic carbocycles. The van der Waals surface area contributed by atoms with E-state index in [0.717, 1.165) is 38.0 Å². The number of aryl methyl sites for hydroxylation is 1. The lowest BCUT2D eigenvalue weighted by atomic mass is 10.0. The van der Waals surface area contributed by atoms with Gasteiger partial charge in [0.25, 0.3) is 0 Å². The normalized spacial score (nSPS) is 24.2. The number of nitrogens with one attached hydrogen (secondary N) is 1. The van der Waals surface area contributed by atoms with Crippen molar-refractivity contribution in [1.29, 1.82) is 0 Å². The van der Waals surface area contributed by atoms with Crippen LogP contribution in [0.15, 0.2) is 12.3 Å². The molecule has 19 heavy (non-hydrogen) atoms. The SMILES string of the molecule is CCNC(c1ccnn1CC)C1CCCCS1(=O)=O. The average molecular weight is 285 g/mol. The number of hydrogen-bond acceptors (Lipinski definition) is 4. The minimum absolute atomic E-state index is 0.141. The zero-order valence-electron chi connectivity index (χ0n) is 11.7. The molecular formula is C13H23N3O2S. The molecule has 6 heteroatoms. The van der Waals surface area contributed by atoms with Crippen molar-refractivity contribution in [3.05, 3.63) is 18.0 Å². The zero-order valence-corrected chi connectivity index (χ0v) is 12.5. The molecule has 1 aromatic rings. The molecule has 1 aromatic heterocycles. The van der Waals surface area contributed by atoms with Crippen LogP contribution in [0.1, 0.15) is 44.8 Å². The Morgan fingerprint density at radius 2 is 2.26 bits per heavy atom. The Morgan fingerprint density at radius 1 is 1.47 bits per heavy atom. The highest BCUT2D eigenvalue weighted by molar-refractivity contribution is 7.92. The second-order valence-corrected chi connectivity index (χ2v) is 7.35. The monoisotopic (exact) mass is 285 g/mol. The summed E-state index contributed by atoms with van der Waals surface area (Å²) in [5.74, 6) is 0.319. The standard InChI is InChI=1S/C13H23N3O2S/c1-3-14-13(11-8-9-15-16(11)4-2)12-7-5-6-10-19(12,17)18/h8-9,12-14H,3-7,10H2,1-2H3. The van der Waals surface area contributed by atoms with Gasteiger partial charge in [-0.1, -0.05) is 13.3 Å². The second kappa shape index (κ2) is 6.05. The lowest BCUT2D eigenvalue weighted by Crippen LogP contribution is -2.41. The van der Waals surface area contributed by atoms with E-state index in [1.54, 1.807) is 6.20 Å². The number of rotatable bonds is 5. The van der Waals surface area contributed by atoms with Crippen LogP contribution in [-0.4, -0.2) is 35.7 Å². The molecule has 108 valence electrons. The summed E-state index contributed by atoms with van der Waals surface area (Å²) in [5.41, 5.74) is 0.986. The Kier molecular flexibility index (Phi) is 4.62. The average Bonchev–Trinajstić information content (AvgIpc) is 2.84. The Bertz CT molecular complexity index is 510. The molecule has 0 radical (unpaired) electrons. The minimum Gasteiger partial charge on any atom is -0.308 e. The Labute approximate surface area is 115 Å². The predicted molar refractivity (Wildman–Crippen MR) is 75.7 cm³/mol. The van der Waals surface area contributed by atoms with Gasteiger partial charge in [0.05, 0.1) is 22.7 Å². The number of nitrogens with zero attached hydrogens (tertiary/aromatic N) is 2. The third-order valence-electron chi connectivity index (χ3n) is 3.79. The lowest BCUT2D eigenvalue weighted by molar-refractivity contribution is 0.428. The number of sulfone groups is 1. The summed E-state index contributed by atoms with van der Waals surface area (Å²) in [6, 6.07) is 1.79. The molecule has 2 unspecified atom stereocenters. The van der Waals surface area contributed by atoms with Gasteiger partial charge >= 0.3 is 0 Å². The zero-order chi connectivity index (χ0) is 13.9. The summed E-state index contributed by atoms with van der Waals surface area (Å²) in [7, 11) is -3.00. The van der Waals surface area contributed by atoms with E-state index in [4.69, 9.17) is 0 Å². The van der Waals surface area contributed by atoms with Crippen molar-refractivity contribution in [3.63, 3.8) is 0 Å². The van der Waals surface area contributed by atoms with Crippen LogP contribution in [0.2, 0.25) is 0 Å². The van der Waals surface area contributed by atoms with Gasteiger partial charge in [0.15, 0.2) is 9.84 Å². The fourth-order valence-electron chi connectivity index (χ4n) is 2.87. The molecular weight excluding hydrogens is 262 g/mol. The van der Waals surface area contributed by atoms with Gasteiger partial charge in [-0.15, -0.1) is 0 Å². The van der Waals surface area contributed by atoms with E-state index < -0.39 is 9.84 Å². The van der Waals surface area contributed by atoms with Crippen LogP contribution in [0.25, 0.3) is 0 Å².